The van der Waals surface area contributed by atoms with Crippen LogP contribution in [0.5, 0.6) is 5.75 Å². The Labute approximate surface area is 96.9 Å². The summed E-state index contributed by atoms with van der Waals surface area (Å²) in [7, 11) is 0. The molecule has 86 valence electrons. The SMILES string of the molecule is CC(C)Oc1ccc(C=CC=CCO)cc1. The molecule has 0 heterocycles. The number of rotatable bonds is 5. The molecule has 0 radical (unpaired) electrons. The van der Waals surface area contributed by atoms with Crippen LogP contribution in [-0.2, 0) is 0 Å². The number of hydrogen-bond acceptors (Lipinski definition) is 2. The maximum atomic E-state index is 8.55. The lowest BCUT2D eigenvalue weighted by atomic mass is 10.2. The monoisotopic (exact) mass is 218 g/mol. The Bertz CT molecular complexity index is 348. The fraction of sp³-hybridized carbons (Fsp3) is 0.286. The number of ether oxygens (including phenoxy) is 1. The van der Waals surface area contributed by atoms with Crippen molar-refractivity contribution in [1.29, 1.82) is 0 Å². The van der Waals surface area contributed by atoms with Gasteiger partial charge < -0.3 is 9.84 Å². The van der Waals surface area contributed by atoms with Crippen molar-refractivity contribution < 1.29 is 9.84 Å². The number of allylic oxidation sites excluding steroid dienone is 2. The highest BCUT2D eigenvalue weighted by atomic mass is 16.5. The Morgan fingerprint density at radius 1 is 1.19 bits per heavy atom. The van der Waals surface area contributed by atoms with Crippen LogP contribution in [0.25, 0.3) is 6.08 Å². The molecule has 0 saturated heterocycles. The van der Waals surface area contributed by atoms with E-state index in [1.807, 2.05) is 56.3 Å². The molecule has 1 rings (SSSR count). The Morgan fingerprint density at radius 3 is 2.44 bits per heavy atom. The molecule has 2 nitrogen and oxygen atoms in total. The Hall–Kier alpha value is -1.54. The second-order valence-electron chi connectivity index (χ2n) is 3.71. The summed E-state index contributed by atoms with van der Waals surface area (Å²) in [6.45, 7) is 4.09. The number of hydrogen-bond donors (Lipinski definition) is 1. The Morgan fingerprint density at radius 2 is 1.88 bits per heavy atom. The van der Waals surface area contributed by atoms with Gasteiger partial charge in [-0.3, -0.25) is 0 Å². The molecule has 0 aromatic heterocycles. The van der Waals surface area contributed by atoms with E-state index in [2.05, 4.69) is 0 Å². The second kappa shape index (κ2) is 6.85. The van der Waals surface area contributed by atoms with E-state index in [1.165, 1.54) is 0 Å². The highest BCUT2D eigenvalue weighted by Gasteiger charge is 1.95. The predicted molar refractivity (Wildman–Crippen MR) is 67.5 cm³/mol. The Balaban J connectivity index is 2.57. The lowest BCUT2D eigenvalue weighted by molar-refractivity contribution is 0.242. The van der Waals surface area contributed by atoms with Crippen molar-refractivity contribution in [1.82, 2.24) is 0 Å². The molecule has 1 aromatic rings. The fourth-order valence-corrected chi connectivity index (χ4v) is 1.24. The third kappa shape index (κ3) is 4.80. The summed E-state index contributed by atoms with van der Waals surface area (Å²) >= 11 is 0. The zero-order valence-electron chi connectivity index (χ0n) is 9.76. The van der Waals surface area contributed by atoms with Gasteiger partial charge in [0.05, 0.1) is 12.7 Å². The van der Waals surface area contributed by atoms with E-state index in [1.54, 1.807) is 6.08 Å². The van der Waals surface area contributed by atoms with Crippen LogP contribution < -0.4 is 4.74 Å². The minimum absolute atomic E-state index is 0.0749. The van der Waals surface area contributed by atoms with E-state index in [9.17, 15) is 0 Å². The summed E-state index contributed by atoms with van der Waals surface area (Å²) < 4.78 is 5.54. The van der Waals surface area contributed by atoms with E-state index < -0.39 is 0 Å². The molecule has 0 aliphatic heterocycles. The lowest BCUT2D eigenvalue weighted by Crippen LogP contribution is -2.05. The number of benzene rings is 1. The zero-order valence-corrected chi connectivity index (χ0v) is 9.76. The molecule has 0 spiro atoms. The molecular formula is C14H18O2. The first-order valence-electron chi connectivity index (χ1n) is 5.43. The summed E-state index contributed by atoms with van der Waals surface area (Å²) in [4.78, 5) is 0. The predicted octanol–water partition coefficient (Wildman–Crippen LogP) is 3.04. The van der Waals surface area contributed by atoms with Gasteiger partial charge in [0.25, 0.3) is 0 Å². The normalized spacial score (nSPS) is 11.8. The molecule has 0 fully saturated rings. The van der Waals surface area contributed by atoms with Crippen molar-refractivity contribution >= 4 is 6.08 Å². The van der Waals surface area contributed by atoms with E-state index in [0.717, 1.165) is 11.3 Å². The van der Waals surface area contributed by atoms with E-state index in [4.69, 9.17) is 9.84 Å². The summed E-state index contributed by atoms with van der Waals surface area (Å²) in [5, 5.41) is 8.55. The highest BCUT2D eigenvalue weighted by molar-refractivity contribution is 5.52. The third-order valence-corrected chi connectivity index (χ3v) is 1.89. The lowest BCUT2D eigenvalue weighted by Gasteiger charge is -2.09. The topological polar surface area (TPSA) is 29.5 Å². The van der Waals surface area contributed by atoms with Crippen LogP contribution in [0.3, 0.4) is 0 Å². The first-order chi connectivity index (χ1) is 7.72. The van der Waals surface area contributed by atoms with Crippen molar-refractivity contribution in [2.75, 3.05) is 6.61 Å². The molecule has 0 bridgehead atoms. The van der Waals surface area contributed by atoms with Gasteiger partial charge in [0.2, 0.25) is 0 Å². The molecule has 0 aliphatic rings. The molecule has 0 aliphatic carbocycles. The maximum absolute atomic E-state index is 8.55. The largest absolute Gasteiger partial charge is 0.491 e. The van der Waals surface area contributed by atoms with Gasteiger partial charge in [-0.2, -0.15) is 0 Å². The standard InChI is InChI=1S/C14H18O2/c1-12(2)16-14-9-7-13(8-10-14)6-4-3-5-11-15/h3-10,12,15H,11H2,1-2H3. The molecule has 0 atom stereocenters. The summed E-state index contributed by atoms with van der Waals surface area (Å²) in [5.74, 6) is 0.887. The average molecular weight is 218 g/mol. The van der Waals surface area contributed by atoms with Crippen molar-refractivity contribution in [2.45, 2.75) is 20.0 Å². The highest BCUT2D eigenvalue weighted by Crippen LogP contribution is 2.14. The molecular weight excluding hydrogens is 200 g/mol. The van der Waals surface area contributed by atoms with E-state index >= 15 is 0 Å². The first kappa shape index (κ1) is 12.5. The number of aliphatic hydroxyl groups excluding tert-OH is 1. The quantitative estimate of drug-likeness (QED) is 0.770. The van der Waals surface area contributed by atoms with Gasteiger partial charge in [-0.05, 0) is 31.5 Å². The fourth-order valence-electron chi connectivity index (χ4n) is 1.24. The summed E-state index contributed by atoms with van der Waals surface area (Å²) in [6.07, 6.45) is 7.58. The van der Waals surface area contributed by atoms with Gasteiger partial charge in [0, 0.05) is 0 Å². The van der Waals surface area contributed by atoms with Crippen LogP contribution >= 0.6 is 0 Å². The van der Waals surface area contributed by atoms with Crippen LogP contribution in [0.1, 0.15) is 19.4 Å². The van der Waals surface area contributed by atoms with Crippen LogP contribution in [0.2, 0.25) is 0 Å². The van der Waals surface area contributed by atoms with Crippen LogP contribution in [-0.4, -0.2) is 17.8 Å². The van der Waals surface area contributed by atoms with Gasteiger partial charge >= 0.3 is 0 Å². The molecule has 2 heteroatoms. The van der Waals surface area contributed by atoms with Crippen molar-refractivity contribution in [2.24, 2.45) is 0 Å². The van der Waals surface area contributed by atoms with Gasteiger partial charge in [0.1, 0.15) is 5.75 Å². The molecule has 0 unspecified atom stereocenters. The average Bonchev–Trinajstić information content (AvgIpc) is 2.26. The maximum Gasteiger partial charge on any atom is 0.119 e. The molecule has 0 saturated carbocycles. The van der Waals surface area contributed by atoms with Crippen LogP contribution in [0.15, 0.2) is 42.5 Å². The first-order valence-corrected chi connectivity index (χ1v) is 5.43. The second-order valence-corrected chi connectivity index (χ2v) is 3.71. The Kier molecular flexibility index (Phi) is 5.37. The van der Waals surface area contributed by atoms with Crippen LogP contribution in [0.4, 0.5) is 0 Å². The summed E-state index contributed by atoms with van der Waals surface area (Å²) in [6, 6.07) is 7.91. The van der Waals surface area contributed by atoms with Gasteiger partial charge in [-0.1, -0.05) is 36.4 Å². The zero-order chi connectivity index (χ0) is 11.8. The minimum atomic E-state index is 0.0749. The molecule has 16 heavy (non-hydrogen) atoms. The van der Waals surface area contributed by atoms with E-state index in [0.29, 0.717) is 0 Å². The molecule has 1 N–H and O–H groups in total. The van der Waals surface area contributed by atoms with Crippen molar-refractivity contribution in [3.63, 3.8) is 0 Å². The van der Waals surface area contributed by atoms with Gasteiger partial charge in [-0.15, -0.1) is 0 Å². The van der Waals surface area contributed by atoms with Gasteiger partial charge in [0.15, 0.2) is 0 Å². The summed E-state index contributed by atoms with van der Waals surface area (Å²) in [5.41, 5.74) is 1.11. The van der Waals surface area contributed by atoms with Crippen LogP contribution in [0, 0.1) is 0 Å². The third-order valence-electron chi connectivity index (χ3n) is 1.89. The number of aliphatic hydroxyl groups is 1. The molecule has 0 amide bonds. The minimum Gasteiger partial charge on any atom is -0.491 e. The van der Waals surface area contributed by atoms with Gasteiger partial charge in [-0.25, -0.2) is 0 Å². The van der Waals surface area contributed by atoms with E-state index in [-0.39, 0.29) is 12.7 Å². The molecule has 1 aromatic carbocycles. The van der Waals surface area contributed by atoms with Crippen molar-refractivity contribution in [3.05, 3.63) is 48.1 Å². The van der Waals surface area contributed by atoms with Crippen molar-refractivity contribution in [3.8, 4) is 5.75 Å². The smallest absolute Gasteiger partial charge is 0.119 e.